The van der Waals surface area contributed by atoms with Gasteiger partial charge in [0.15, 0.2) is 0 Å². The van der Waals surface area contributed by atoms with Crippen molar-refractivity contribution in [2.24, 2.45) is 5.73 Å². The molecule has 0 saturated heterocycles. The van der Waals surface area contributed by atoms with Crippen LogP contribution in [-0.4, -0.2) is 4.99 Å². The van der Waals surface area contributed by atoms with E-state index in [1.54, 1.807) is 24.5 Å². The third-order valence-corrected chi connectivity index (χ3v) is 2.61. The second-order valence-corrected chi connectivity index (χ2v) is 4.19. The molecule has 0 unspecified atom stereocenters. The van der Waals surface area contributed by atoms with Crippen molar-refractivity contribution in [1.29, 1.82) is 0 Å². The molecule has 1 aromatic heterocycles. The third-order valence-electron chi connectivity index (χ3n) is 2.39. The fourth-order valence-electron chi connectivity index (χ4n) is 1.52. The molecule has 2 N–H and O–H groups in total. The molecular formula is C13H12FNO2S. The summed E-state index contributed by atoms with van der Waals surface area (Å²) in [7, 11) is 0. The highest BCUT2D eigenvalue weighted by Gasteiger charge is 2.06. The number of thiocarbonyl (C=S) groups is 1. The summed E-state index contributed by atoms with van der Waals surface area (Å²) < 4.78 is 23.9. The maximum atomic E-state index is 13.3. The van der Waals surface area contributed by atoms with Crippen LogP contribution in [0.1, 0.15) is 16.9 Å². The molecule has 1 aromatic carbocycles. The normalized spacial score (nSPS) is 10.5. The molecule has 0 amide bonds. The molecule has 0 spiro atoms. The molecule has 0 radical (unpaired) electrons. The van der Waals surface area contributed by atoms with Gasteiger partial charge in [-0.25, -0.2) is 4.39 Å². The van der Waals surface area contributed by atoms with Gasteiger partial charge in [0, 0.05) is 5.56 Å². The molecule has 5 heteroatoms. The van der Waals surface area contributed by atoms with Crippen LogP contribution in [0.3, 0.4) is 0 Å². The topological polar surface area (TPSA) is 48.4 Å². The molecule has 0 bridgehead atoms. The van der Waals surface area contributed by atoms with Crippen LogP contribution in [0.25, 0.3) is 0 Å². The van der Waals surface area contributed by atoms with Crippen LogP contribution in [-0.2, 0) is 18.0 Å². The van der Waals surface area contributed by atoms with Crippen LogP contribution < -0.4 is 5.73 Å². The van der Waals surface area contributed by atoms with E-state index in [-0.39, 0.29) is 10.6 Å². The van der Waals surface area contributed by atoms with Crippen LogP contribution in [0.5, 0.6) is 0 Å². The second kappa shape index (κ2) is 5.75. The lowest BCUT2D eigenvalue weighted by molar-refractivity contribution is 0.0929. The first-order valence-electron chi connectivity index (χ1n) is 5.35. The van der Waals surface area contributed by atoms with Gasteiger partial charge in [0.1, 0.15) is 23.2 Å². The van der Waals surface area contributed by atoms with Crippen molar-refractivity contribution in [3.63, 3.8) is 0 Å². The van der Waals surface area contributed by atoms with Gasteiger partial charge >= 0.3 is 0 Å². The Hall–Kier alpha value is -1.72. The van der Waals surface area contributed by atoms with E-state index in [0.29, 0.717) is 13.2 Å². The summed E-state index contributed by atoms with van der Waals surface area (Å²) >= 11 is 4.77. The Kier molecular flexibility index (Phi) is 4.07. The molecule has 18 heavy (non-hydrogen) atoms. The van der Waals surface area contributed by atoms with E-state index in [1.165, 1.54) is 6.07 Å². The van der Waals surface area contributed by atoms with E-state index < -0.39 is 5.82 Å². The minimum atomic E-state index is -0.419. The first-order chi connectivity index (χ1) is 8.66. The van der Waals surface area contributed by atoms with Crippen LogP contribution >= 0.6 is 12.2 Å². The van der Waals surface area contributed by atoms with Crippen LogP contribution in [0.4, 0.5) is 4.39 Å². The monoisotopic (exact) mass is 265 g/mol. The summed E-state index contributed by atoms with van der Waals surface area (Å²) in [5.41, 5.74) is 6.48. The van der Waals surface area contributed by atoms with Gasteiger partial charge in [-0.2, -0.15) is 0 Å². The summed E-state index contributed by atoms with van der Waals surface area (Å²) in [5.74, 6) is 0.323. The molecule has 1 heterocycles. The van der Waals surface area contributed by atoms with Gasteiger partial charge in [0.25, 0.3) is 0 Å². The Bertz CT molecular complexity index is 540. The number of rotatable bonds is 5. The zero-order valence-electron chi connectivity index (χ0n) is 9.56. The molecule has 0 aliphatic rings. The van der Waals surface area contributed by atoms with Gasteiger partial charge < -0.3 is 14.9 Å². The van der Waals surface area contributed by atoms with Crippen molar-refractivity contribution in [3.8, 4) is 0 Å². The predicted molar refractivity (Wildman–Crippen MR) is 69.5 cm³/mol. The number of hydrogen-bond acceptors (Lipinski definition) is 3. The minimum Gasteiger partial charge on any atom is -0.467 e. The highest BCUT2D eigenvalue weighted by Crippen LogP contribution is 2.12. The second-order valence-electron chi connectivity index (χ2n) is 3.75. The Morgan fingerprint density at radius 2 is 2.17 bits per heavy atom. The fraction of sp³-hybridized carbons (Fsp3) is 0.154. The lowest BCUT2D eigenvalue weighted by Crippen LogP contribution is -2.12. The maximum absolute atomic E-state index is 13.3. The van der Waals surface area contributed by atoms with E-state index in [4.69, 9.17) is 27.1 Å². The number of furan rings is 1. The fourth-order valence-corrected chi connectivity index (χ4v) is 1.67. The number of halogens is 1. The summed E-state index contributed by atoms with van der Waals surface area (Å²) in [5, 5.41) is 0. The molecule has 2 rings (SSSR count). The number of ether oxygens (including phenoxy) is 1. The number of hydrogen-bond donors (Lipinski definition) is 1. The molecule has 0 saturated carbocycles. The van der Waals surface area contributed by atoms with E-state index in [9.17, 15) is 4.39 Å². The Balaban J connectivity index is 1.97. The summed E-state index contributed by atoms with van der Waals surface area (Å²) in [6.45, 7) is 0.712. The first-order valence-corrected chi connectivity index (χ1v) is 5.76. The van der Waals surface area contributed by atoms with Gasteiger partial charge in [-0.1, -0.05) is 18.3 Å². The van der Waals surface area contributed by atoms with E-state index in [2.05, 4.69) is 0 Å². The third kappa shape index (κ3) is 3.15. The van der Waals surface area contributed by atoms with Gasteiger partial charge in [0.2, 0.25) is 0 Å². The van der Waals surface area contributed by atoms with Crippen molar-refractivity contribution in [1.82, 2.24) is 0 Å². The van der Waals surface area contributed by atoms with Gasteiger partial charge in [-0.05, 0) is 29.8 Å². The smallest absolute Gasteiger partial charge is 0.133 e. The van der Waals surface area contributed by atoms with E-state index >= 15 is 0 Å². The molecule has 0 fully saturated rings. The van der Waals surface area contributed by atoms with E-state index in [0.717, 1.165) is 11.3 Å². The molecule has 2 aromatic rings. The Morgan fingerprint density at radius 1 is 1.33 bits per heavy atom. The minimum absolute atomic E-state index is 0.0420. The van der Waals surface area contributed by atoms with Crippen LogP contribution in [0.15, 0.2) is 41.0 Å². The molecule has 0 aliphatic carbocycles. The largest absolute Gasteiger partial charge is 0.467 e. The zero-order valence-corrected chi connectivity index (χ0v) is 10.4. The molecular weight excluding hydrogens is 253 g/mol. The highest BCUT2D eigenvalue weighted by atomic mass is 32.1. The first kappa shape index (κ1) is 12.7. The molecule has 0 aliphatic heterocycles. The van der Waals surface area contributed by atoms with Crippen molar-refractivity contribution in [2.75, 3.05) is 0 Å². The van der Waals surface area contributed by atoms with Crippen molar-refractivity contribution >= 4 is 17.2 Å². The Morgan fingerprint density at radius 3 is 2.83 bits per heavy atom. The van der Waals surface area contributed by atoms with Crippen LogP contribution in [0, 0.1) is 5.82 Å². The standard InChI is InChI=1S/C13H12FNO2S/c14-12-4-3-9(6-11(12)13(15)18)7-16-8-10-2-1-5-17-10/h1-6H,7-8H2,(H2,15,18). The van der Waals surface area contributed by atoms with Crippen LogP contribution in [0.2, 0.25) is 0 Å². The SMILES string of the molecule is NC(=S)c1cc(COCc2ccco2)ccc1F. The average molecular weight is 265 g/mol. The summed E-state index contributed by atoms with van der Waals surface area (Å²) in [4.78, 5) is 0.0420. The lowest BCUT2D eigenvalue weighted by Gasteiger charge is -2.06. The Labute approximate surface area is 109 Å². The molecule has 94 valence electrons. The molecule has 0 atom stereocenters. The van der Waals surface area contributed by atoms with Gasteiger partial charge in [0.05, 0.1) is 12.9 Å². The van der Waals surface area contributed by atoms with Gasteiger partial charge in [-0.3, -0.25) is 0 Å². The maximum Gasteiger partial charge on any atom is 0.133 e. The van der Waals surface area contributed by atoms with E-state index in [1.807, 2.05) is 6.07 Å². The highest BCUT2D eigenvalue weighted by molar-refractivity contribution is 7.80. The zero-order chi connectivity index (χ0) is 13.0. The quantitative estimate of drug-likeness (QED) is 0.844. The van der Waals surface area contributed by atoms with Crippen molar-refractivity contribution < 1.29 is 13.5 Å². The summed E-state index contributed by atoms with van der Waals surface area (Å²) in [6, 6.07) is 8.19. The summed E-state index contributed by atoms with van der Waals surface area (Å²) in [6.07, 6.45) is 1.58. The lowest BCUT2D eigenvalue weighted by atomic mass is 10.1. The van der Waals surface area contributed by atoms with Gasteiger partial charge in [-0.15, -0.1) is 0 Å². The predicted octanol–water partition coefficient (Wildman–Crippen LogP) is 2.77. The van der Waals surface area contributed by atoms with Crippen molar-refractivity contribution in [3.05, 3.63) is 59.3 Å². The molecule has 3 nitrogen and oxygen atoms in total. The average Bonchev–Trinajstić information content (AvgIpc) is 2.84. The number of benzene rings is 1. The number of nitrogens with two attached hydrogens (primary N) is 1. The van der Waals surface area contributed by atoms with Crippen molar-refractivity contribution in [2.45, 2.75) is 13.2 Å².